The fourth-order valence-electron chi connectivity index (χ4n) is 1.65. The number of carbonyl (C=O) groups excluding carboxylic acids is 1. The third kappa shape index (κ3) is 5.58. The van der Waals surface area contributed by atoms with Gasteiger partial charge in [0.05, 0.1) is 5.69 Å². The van der Waals surface area contributed by atoms with Gasteiger partial charge in [0.15, 0.2) is 0 Å². The minimum Gasteiger partial charge on any atom is -0.383 e. The first-order chi connectivity index (χ1) is 9.09. The van der Waals surface area contributed by atoms with E-state index in [4.69, 9.17) is 5.14 Å². The van der Waals surface area contributed by atoms with E-state index in [0.29, 0.717) is 12.2 Å². The first-order valence-electron chi connectivity index (χ1n) is 6.26. The average Bonchev–Trinajstić information content (AvgIpc) is 2.25. The summed E-state index contributed by atoms with van der Waals surface area (Å²) in [4.78, 5) is 11.7. The highest BCUT2D eigenvalue weighted by atomic mass is 32.2. The molecule has 0 aliphatic rings. The maximum atomic E-state index is 11.6. The molecule has 0 heterocycles. The van der Waals surface area contributed by atoms with E-state index < -0.39 is 10.0 Å². The van der Waals surface area contributed by atoms with Crippen molar-refractivity contribution in [1.29, 1.82) is 0 Å². The molecular weight excluding hydrogens is 278 g/mol. The highest BCUT2D eigenvalue weighted by Crippen LogP contribution is 2.18. The molecule has 1 amide bonds. The largest absolute Gasteiger partial charge is 0.383 e. The van der Waals surface area contributed by atoms with Gasteiger partial charge in [-0.15, -0.1) is 0 Å². The lowest BCUT2D eigenvalue weighted by Gasteiger charge is -2.20. The van der Waals surface area contributed by atoms with Crippen LogP contribution in [-0.2, 0) is 14.8 Å². The van der Waals surface area contributed by atoms with Gasteiger partial charge in [-0.05, 0) is 32.9 Å². The number of nitrogens with two attached hydrogens (primary N) is 1. The predicted octanol–water partition coefficient (Wildman–Crippen LogP) is 1.05. The summed E-state index contributed by atoms with van der Waals surface area (Å²) in [5, 5.41) is 10.9. The molecule has 112 valence electrons. The van der Waals surface area contributed by atoms with E-state index in [1.165, 1.54) is 6.07 Å². The summed E-state index contributed by atoms with van der Waals surface area (Å²) in [5.41, 5.74) is 0.119. The lowest BCUT2D eigenvalue weighted by molar-refractivity contribution is -0.122. The highest BCUT2D eigenvalue weighted by Gasteiger charge is 2.15. The first-order valence-corrected chi connectivity index (χ1v) is 7.81. The highest BCUT2D eigenvalue weighted by molar-refractivity contribution is 7.89. The van der Waals surface area contributed by atoms with Crippen molar-refractivity contribution in [1.82, 2.24) is 5.32 Å². The fraction of sp³-hybridized carbons (Fsp3) is 0.462. The van der Waals surface area contributed by atoms with Crippen LogP contribution in [0.1, 0.15) is 27.2 Å². The molecular formula is C13H21N3O3S. The molecule has 0 spiro atoms. The van der Waals surface area contributed by atoms with Crippen LogP contribution >= 0.6 is 0 Å². The van der Waals surface area contributed by atoms with Crippen LogP contribution < -0.4 is 15.8 Å². The number of rotatable bonds is 5. The van der Waals surface area contributed by atoms with Crippen LogP contribution in [0.3, 0.4) is 0 Å². The van der Waals surface area contributed by atoms with E-state index in [1.54, 1.807) is 18.2 Å². The molecule has 0 aromatic heterocycles. The quantitative estimate of drug-likeness (QED) is 0.756. The molecule has 0 saturated carbocycles. The monoisotopic (exact) mass is 299 g/mol. The maximum Gasteiger partial charge on any atom is 0.240 e. The zero-order valence-electron chi connectivity index (χ0n) is 11.9. The molecule has 1 aromatic rings. The van der Waals surface area contributed by atoms with Gasteiger partial charge >= 0.3 is 0 Å². The van der Waals surface area contributed by atoms with Crippen LogP contribution in [0.15, 0.2) is 29.2 Å². The van der Waals surface area contributed by atoms with Crippen molar-refractivity contribution in [2.45, 2.75) is 37.6 Å². The molecule has 1 rings (SSSR count). The number of benzene rings is 1. The predicted molar refractivity (Wildman–Crippen MR) is 78.8 cm³/mol. The number of carbonyl (C=O) groups is 1. The van der Waals surface area contributed by atoms with Crippen LogP contribution in [0.5, 0.6) is 0 Å². The van der Waals surface area contributed by atoms with Gasteiger partial charge in [-0.2, -0.15) is 0 Å². The summed E-state index contributed by atoms with van der Waals surface area (Å²) in [6.45, 7) is 6.02. The number of primary sulfonamides is 1. The van der Waals surface area contributed by atoms with Crippen molar-refractivity contribution in [3.63, 3.8) is 0 Å². The second-order valence-corrected chi connectivity index (χ2v) is 7.05. The number of anilines is 1. The van der Waals surface area contributed by atoms with Crippen LogP contribution in [0.25, 0.3) is 0 Å². The Morgan fingerprint density at radius 2 is 1.85 bits per heavy atom. The Kier molecular flexibility index (Phi) is 5.13. The SMILES string of the molecule is CC(C)(C)NC(=O)CCNc1ccccc1S(N)(=O)=O. The molecule has 0 radical (unpaired) electrons. The van der Waals surface area contributed by atoms with Gasteiger partial charge < -0.3 is 10.6 Å². The number of hydrogen-bond donors (Lipinski definition) is 3. The first kappa shape index (κ1) is 16.5. The summed E-state index contributed by atoms with van der Waals surface area (Å²) in [6, 6.07) is 6.33. The van der Waals surface area contributed by atoms with E-state index in [0.717, 1.165) is 0 Å². The van der Waals surface area contributed by atoms with Crippen molar-refractivity contribution in [2.24, 2.45) is 5.14 Å². The Morgan fingerprint density at radius 1 is 1.25 bits per heavy atom. The van der Waals surface area contributed by atoms with Crippen LogP contribution in [0, 0.1) is 0 Å². The summed E-state index contributed by atoms with van der Waals surface area (Å²) < 4.78 is 22.8. The van der Waals surface area contributed by atoms with Crippen LogP contribution in [-0.4, -0.2) is 26.4 Å². The standard InChI is InChI=1S/C13H21N3O3S/c1-13(2,3)16-12(17)8-9-15-10-6-4-5-7-11(10)20(14,18)19/h4-7,15H,8-9H2,1-3H3,(H,16,17)(H2,14,18,19). The number of para-hydroxylation sites is 1. The molecule has 6 nitrogen and oxygen atoms in total. The van der Waals surface area contributed by atoms with Gasteiger partial charge in [0.25, 0.3) is 0 Å². The summed E-state index contributed by atoms with van der Waals surface area (Å²) in [7, 11) is -3.78. The second-order valence-electron chi connectivity index (χ2n) is 5.52. The van der Waals surface area contributed by atoms with Crippen molar-refractivity contribution in [2.75, 3.05) is 11.9 Å². The Bertz CT molecular complexity index is 577. The average molecular weight is 299 g/mol. The van der Waals surface area contributed by atoms with E-state index in [1.807, 2.05) is 20.8 Å². The topological polar surface area (TPSA) is 101 Å². The smallest absolute Gasteiger partial charge is 0.240 e. The molecule has 0 bridgehead atoms. The van der Waals surface area contributed by atoms with Gasteiger partial charge in [0.2, 0.25) is 15.9 Å². The van der Waals surface area contributed by atoms with Gasteiger partial charge in [0, 0.05) is 18.5 Å². The lowest BCUT2D eigenvalue weighted by atomic mass is 10.1. The zero-order chi connectivity index (χ0) is 15.4. The number of nitrogens with one attached hydrogen (secondary N) is 2. The molecule has 4 N–H and O–H groups in total. The Morgan fingerprint density at radius 3 is 2.40 bits per heavy atom. The molecule has 0 atom stereocenters. The number of sulfonamides is 1. The Balaban J connectivity index is 2.62. The fourth-order valence-corrected chi connectivity index (χ4v) is 2.37. The second kappa shape index (κ2) is 6.23. The van der Waals surface area contributed by atoms with Gasteiger partial charge in [-0.3, -0.25) is 4.79 Å². The minimum absolute atomic E-state index is 0.0243. The summed E-state index contributed by atoms with van der Waals surface area (Å²) in [5.74, 6) is -0.0990. The molecule has 20 heavy (non-hydrogen) atoms. The number of hydrogen-bond acceptors (Lipinski definition) is 4. The summed E-state index contributed by atoms with van der Waals surface area (Å²) >= 11 is 0. The third-order valence-electron chi connectivity index (χ3n) is 2.38. The van der Waals surface area contributed by atoms with Gasteiger partial charge in [-0.25, -0.2) is 13.6 Å². The molecule has 0 aliphatic carbocycles. The van der Waals surface area contributed by atoms with E-state index in [2.05, 4.69) is 10.6 Å². The molecule has 0 unspecified atom stereocenters. The molecule has 0 saturated heterocycles. The van der Waals surface area contributed by atoms with E-state index >= 15 is 0 Å². The van der Waals surface area contributed by atoms with E-state index in [-0.39, 0.29) is 22.8 Å². The van der Waals surface area contributed by atoms with E-state index in [9.17, 15) is 13.2 Å². The normalized spacial score (nSPS) is 12.0. The molecule has 0 aliphatic heterocycles. The molecule has 1 aromatic carbocycles. The van der Waals surface area contributed by atoms with Gasteiger partial charge in [-0.1, -0.05) is 12.1 Å². The lowest BCUT2D eigenvalue weighted by Crippen LogP contribution is -2.41. The van der Waals surface area contributed by atoms with Crippen LogP contribution in [0.2, 0.25) is 0 Å². The van der Waals surface area contributed by atoms with Crippen molar-refractivity contribution < 1.29 is 13.2 Å². The zero-order valence-corrected chi connectivity index (χ0v) is 12.8. The molecule has 7 heteroatoms. The van der Waals surface area contributed by atoms with Crippen molar-refractivity contribution in [3.8, 4) is 0 Å². The summed E-state index contributed by atoms with van der Waals surface area (Å²) in [6.07, 6.45) is 0.246. The van der Waals surface area contributed by atoms with Crippen molar-refractivity contribution >= 4 is 21.6 Å². The maximum absolute atomic E-state index is 11.6. The third-order valence-corrected chi connectivity index (χ3v) is 3.34. The van der Waals surface area contributed by atoms with Crippen molar-refractivity contribution in [3.05, 3.63) is 24.3 Å². The Hall–Kier alpha value is -1.60. The Labute approximate surface area is 119 Å². The molecule has 0 fully saturated rings. The minimum atomic E-state index is -3.78. The van der Waals surface area contributed by atoms with Crippen LogP contribution in [0.4, 0.5) is 5.69 Å². The van der Waals surface area contributed by atoms with Gasteiger partial charge in [0.1, 0.15) is 4.90 Å². The number of amides is 1.